The maximum atomic E-state index is 11.5. The second kappa shape index (κ2) is 37.3. The second-order valence-electron chi connectivity index (χ2n) is 13.2. The molecule has 0 saturated heterocycles. The molecule has 0 aromatic rings. The maximum Gasteiger partial charge on any atom is 3.00 e. The SMILES string of the molecule is CCCCC(CC)COP(=O)([O-])CCCC.CCCCC(CC)COP(=O)([O-])CCCC.CCCCC(CC)COP(=O)([O-])CCCC.[Cr+3]. The first-order chi connectivity index (χ1) is 22.7. The average molecular weight is 800 g/mol. The first-order valence-corrected chi connectivity index (χ1v) is 24.7. The fourth-order valence-electron chi connectivity index (χ4n) is 4.60. The van der Waals surface area contributed by atoms with E-state index in [1.54, 1.807) is 0 Å². The van der Waals surface area contributed by atoms with Gasteiger partial charge in [0.25, 0.3) is 0 Å². The van der Waals surface area contributed by atoms with Gasteiger partial charge in [0.2, 0.25) is 0 Å². The summed E-state index contributed by atoms with van der Waals surface area (Å²) in [5, 5.41) is 0. The molecule has 297 valence electrons. The monoisotopic (exact) mass is 799 g/mol. The number of rotatable bonds is 30. The van der Waals surface area contributed by atoms with Crippen LogP contribution in [0, 0.1) is 17.8 Å². The third-order valence-electron chi connectivity index (χ3n) is 8.51. The van der Waals surface area contributed by atoms with Crippen molar-refractivity contribution in [3.05, 3.63) is 0 Å². The van der Waals surface area contributed by atoms with Crippen molar-refractivity contribution in [2.45, 2.75) is 178 Å². The van der Waals surface area contributed by atoms with Crippen molar-refractivity contribution >= 4 is 22.8 Å². The molecule has 0 bridgehead atoms. The predicted octanol–water partition coefficient (Wildman–Crippen LogP) is 10.7. The fraction of sp³-hybridized carbons (Fsp3) is 1.00. The molecule has 0 aliphatic rings. The summed E-state index contributed by atoms with van der Waals surface area (Å²) in [6.45, 7) is 19.8. The van der Waals surface area contributed by atoms with Crippen molar-refractivity contribution in [3.63, 3.8) is 0 Å². The maximum absolute atomic E-state index is 11.5. The summed E-state index contributed by atoms with van der Waals surface area (Å²) in [6, 6.07) is 0. The summed E-state index contributed by atoms with van der Waals surface area (Å²) in [5.41, 5.74) is 0. The van der Waals surface area contributed by atoms with E-state index >= 15 is 0 Å². The van der Waals surface area contributed by atoms with E-state index in [9.17, 15) is 28.4 Å². The van der Waals surface area contributed by atoms with Crippen LogP contribution in [-0.2, 0) is 44.6 Å². The van der Waals surface area contributed by atoms with Crippen molar-refractivity contribution in [2.24, 2.45) is 17.8 Å². The van der Waals surface area contributed by atoms with Gasteiger partial charge >= 0.3 is 17.4 Å². The summed E-state index contributed by atoms with van der Waals surface area (Å²) < 4.78 is 49.7. The van der Waals surface area contributed by atoms with Crippen LogP contribution in [0.2, 0.25) is 0 Å². The summed E-state index contributed by atoms with van der Waals surface area (Å²) in [5.74, 6) is 1.18. The van der Waals surface area contributed by atoms with Crippen molar-refractivity contribution in [3.8, 4) is 0 Å². The Hall–Kier alpha value is 0.982. The molecule has 0 fully saturated rings. The molecule has 0 heterocycles. The van der Waals surface area contributed by atoms with Crippen LogP contribution in [0.25, 0.3) is 0 Å². The molecule has 0 N–H and O–H groups in total. The van der Waals surface area contributed by atoms with Gasteiger partial charge in [-0.05, 0) is 56.3 Å². The third-order valence-corrected chi connectivity index (χ3v) is 12.7. The van der Waals surface area contributed by atoms with E-state index in [-0.39, 0.29) is 35.8 Å². The zero-order valence-electron chi connectivity index (χ0n) is 33.1. The number of hydrogen-bond donors (Lipinski definition) is 0. The van der Waals surface area contributed by atoms with E-state index in [0.717, 1.165) is 96.3 Å². The minimum Gasteiger partial charge on any atom is -0.778 e. The van der Waals surface area contributed by atoms with Crippen LogP contribution in [0.15, 0.2) is 0 Å². The molecular weight excluding hydrogens is 721 g/mol. The Balaban J connectivity index is -0.000000307. The summed E-state index contributed by atoms with van der Waals surface area (Å²) in [6.07, 6.45) is 18.5. The van der Waals surface area contributed by atoms with Crippen LogP contribution in [0.3, 0.4) is 0 Å². The first kappa shape index (κ1) is 56.7. The molecule has 0 amide bonds. The zero-order valence-corrected chi connectivity index (χ0v) is 37.1. The minimum absolute atomic E-state index is 0. The quantitative estimate of drug-likeness (QED) is 0.0647. The van der Waals surface area contributed by atoms with Crippen LogP contribution in [-0.4, -0.2) is 38.3 Å². The molecule has 0 aliphatic heterocycles. The fourth-order valence-corrected chi connectivity index (χ4v) is 8.41. The van der Waals surface area contributed by atoms with Gasteiger partial charge in [0.05, 0.1) is 19.8 Å². The Morgan fingerprint density at radius 1 is 0.408 bits per heavy atom. The van der Waals surface area contributed by atoms with E-state index in [1.165, 1.54) is 0 Å². The van der Waals surface area contributed by atoms with Gasteiger partial charge in [0, 0.05) is 18.5 Å². The van der Waals surface area contributed by atoms with Crippen molar-refractivity contribution in [1.29, 1.82) is 0 Å². The molecule has 13 heteroatoms. The van der Waals surface area contributed by atoms with E-state index in [4.69, 9.17) is 13.6 Å². The standard InChI is InChI=1S/3C12H27O3P.Cr/c3*1-4-7-9-12(6-3)11-15-16(13,14)10-8-5-2;/h3*12H,4-11H2,1-3H3,(H,13,14);/q;;;+3/p-3. The number of unbranched alkanes of at least 4 members (excludes halogenated alkanes) is 6. The Morgan fingerprint density at radius 3 is 0.776 bits per heavy atom. The molecule has 9 nitrogen and oxygen atoms in total. The second-order valence-corrected chi connectivity index (χ2v) is 19.0. The molecule has 0 rings (SSSR count). The first-order valence-electron chi connectivity index (χ1n) is 19.5. The van der Waals surface area contributed by atoms with Crippen LogP contribution in [0.5, 0.6) is 0 Å². The van der Waals surface area contributed by atoms with Crippen LogP contribution in [0.4, 0.5) is 0 Å². The van der Waals surface area contributed by atoms with Gasteiger partial charge in [-0.15, -0.1) is 0 Å². The molecule has 6 atom stereocenters. The minimum atomic E-state index is -3.56. The van der Waals surface area contributed by atoms with Crippen LogP contribution >= 0.6 is 22.8 Å². The van der Waals surface area contributed by atoms with E-state index in [2.05, 4.69) is 41.5 Å². The Morgan fingerprint density at radius 2 is 0.612 bits per heavy atom. The van der Waals surface area contributed by atoms with Crippen LogP contribution in [0.1, 0.15) is 178 Å². The molecular formula is C36H78CrO9P3. The van der Waals surface area contributed by atoms with E-state index in [1.807, 2.05) is 20.8 Å². The van der Waals surface area contributed by atoms with Gasteiger partial charge in [-0.3, -0.25) is 0 Å². The molecule has 0 aliphatic carbocycles. The van der Waals surface area contributed by atoms with Gasteiger partial charge < -0.3 is 41.9 Å². The molecule has 0 spiro atoms. The van der Waals surface area contributed by atoms with Gasteiger partial charge in [0.1, 0.15) is 22.8 Å². The molecule has 49 heavy (non-hydrogen) atoms. The summed E-state index contributed by atoms with van der Waals surface area (Å²) in [4.78, 5) is 34.5. The van der Waals surface area contributed by atoms with Crippen molar-refractivity contribution in [2.75, 3.05) is 38.3 Å². The van der Waals surface area contributed by atoms with Gasteiger partial charge in [-0.1, -0.05) is 139 Å². The normalized spacial score (nSPS) is 16.7. The van der Waals surface area contributed by atoms with Gasteiger partial charge in [-0.2, -0.15) is 0 Å². The largest absolute Gasteiger partial charge is 3.00 e. The van der Waals surface area contributed by atoms with Crippen molar-refractivity contribution in [1.82, 2.24) is 0 Å². The van der Waals surface area contributed by atoms with Gasteiger partial charge in [0.15, 0.2) is 0 Å². The number of hydrogen-bond acceptors (Lipinski definition) is 9. The summed E-state index contributed by atoms with van der Waals surface area (Å²) >= 11 is 0. The Bertz CT molecular complexity index is 731. The van der Waals surface area contributed by atoms with Crippen molar-refractivity contribution < 1.29 is 59.3 Å². The summed E-state index contributed by atoms with van der Waals surface area (Å²) in [7, 11) is -10.7. The smallest absolute Gasteiger partial charge is 0.778 e. The Kier molecular flexibility index (Phi) is 43.2. The van der Waals surface area contributed by atoms with Gasteiger partial charge in [-0.25, -0.2) is 0 Å². The zero-order chi connectivity index (χ0) is 37.3. The molecule has 0 aromatic heterocycles. The molecule has 0 saturated carbocycles. The molecule has 0 aromatic carbocycles. The molecule has 6 unspecified atom stereocenters. The topological polar surface area (TPSA) is 148 Å². The Labute approximate surface area is 315 Å². The third kappa shape index (κ3) is 40.0. The molecule has 1 radical (unpaired) electrons. The average Bonchev–Trinajstić information content (AvgIpc) is 3.06. The van der Waals surface area contributed by atoms with Crippen LogP contribution < -0.4 is 14.7 Å². The van der Waals surface area contributed by atoms with E-state index < -0.39 is 22.8 Å². The predicted molar refractivity (Wildman–Crippen MR) is 200 cm³/mol. The van der Waals surface area contributed by atoms with E-state index in [0.29, 0.717) is 56.8 Å².